The summed E-state index contributed by atoms with van der Waals surface area (Å²) in [5.74, 6) is 1.97. The van der Waals surface area contributed by atoms with Gasteiger partial charge in [0.05, 0.1) is 0 Å². The van der Waals surface area contributed by atoms with Gasteiger partial charge in [0.25, 0.3) is 0 Å². The number of hydrogen-bond donors (Lipinski definition) is 1. The molecule has 1 heteroatoms. The van der Waals surface area contributed by atoms with Crippen molar-refractivity contribution in [3.63, 3.8) is 0 Å². The van der Waals surface area contributed by atoms with Crippen LogP contribution in [0.3, 0.4) is 0 Å². The fraction of sp³-hybridized carbons (Fsp3) is 0.600. The maximum absolute atomic E-state index is 3.78. The lowest BCUT2D eigenvalue weighted by atomic mass is 9.95. The van der Waals surface area contributed by atoms with Gasteiger partial charge in [-0.2, -0.15) is 0 Å². The second kappa shape index (κ2) is 3.80. The Hall–Kier alpha value is -0.980. The van der Waals surface area contributed by atoms with E-state index in [1.54, 1.807) is 0 Å². The Balaban J connectivity index is 1.76. The molecule has 0 aromatic heterocycles. The van der Waals surface area contributed by atoms with Crippen LogP contribution in [0.4, 0.5) is 5.69 Å². The Morgan fingerprint density at radius 1 is 1.12 bits per heavy atom. The van der Waals surface area contributed by atoms with Gasteiger partial charge < -0.3 is 5.32 Å². The van der Waals surface area contributed by atoms with Crippen LogP contribution in [0, 0.1) is 25.7 Å². The number of fused-ring (bicyclic) bond motifs is 2. The number of nitrogens with one attached hydrogen (secondary N) is 1. The van der Waals surface area contributed by atoms with Gasteiger partial charge in [-0.15, -0.1) is 0 Å². The predicted octanol–water partition coefficient (Wildman–Crippen LogP) is 3.90. The van der Waals surface area contributed by atoms with Crippen LogP contribution in [0.25, 0.3) is 0 Å². The van der Waals surface area contributed by atoms with Crippen LogP contribution in [0.1, 0.15) is 36.8 Å². The molecular weight excluding hydrogens is 194 g/mol. The summed E-state index contributed by atoms with van der Waals surface area (Å²) in [5.41, 5.74) is 4.10. The van der Waals surface area contributed by atoms with E-state index in [0.29, 0.717) is 0 Å². The second-order valence-corrected chi connectivity index (χ2v) is 5.74. The first-order valence-electron chi connectivity index (χ1n) is 6.56. The molecule has 1 N–H and O–H groups in total. The third kappa shape index (κ3) is 1.73. The molecule has 0 saturated heterocycles. The van der Waals surface area contributed by atoms with Gasteiger partial charge in [0.2, 0.25) is 0 Å². The van der Waals surface area contributed by atoms with E-state index >= 15 is 0 Å². The molecule has 3 unspecified atom stereocenters. The standard InChI is InChI=1S/C15H21N/c1-10-3-4-11(2)14(7-10)16-15-9-12-5-6-13(15)8-12/h3-4,7,12-13,15-16H,5-6,8-9H2,1-2H3. The molecule has 86 valence electrons. The number of benzene rings is 1. The highest BCUT2D eigenvalue weighted by Gasteiger charge is 2.39. The van der Waals surface area contributed by atoms with E-state index in [0.717, 1.165) is 17.9 Å². The van der Waals surface area contributed by atoms with Crippen LogP contribution in [0.5, 0.6) is 0 Å². The molecule has 0 spiro atoms. The molecule has 2 fully saturated rings. The lowest BCUT2D eigenvalue weighted by molar-refractivity contribution is 0.439. The molecule has 0 aliphatic heterocycles. The van der Waals surface area contributed by atoms with E-state index < -0.39 is 0 Å². The van der Waals surface area contributed by atoms with Gasteiger partial charge in [0, 0.05) is 11.7 Å². The summed E-state index contributed by atoms with van der Waals surface area (Å²) in [5, 5.41) is 3.78. The summed E-state index contributed by atoms with van der Waals surface area (Å²) < 4.78 is 0. The van der Waals surface area contributed by atoms with E-state index in [1.807, 2.05) is 0 Å². The number of hydrogen-bond acceptors (Lipinski definition) is 1. The third-order valence-electron chi connectivity index (χ3n) is 4.47. The zero-order valence-electron chi connectivity index (χ0n) is 10.3. The molecule has 1 aromatic carbocycles. The molecule has 0 amide bonds. The molecule has 3 rings (SSSR count). The SMILES string of the molecule is Cc1ccc(C)c(NC2CC3CCC2C3)c1. The van der Waals surface area contributed by atoms with E-state index in [-0.39, 0.29) is 0 Å². The van der Waals surface area contributed by atoms with E-state index in [2.05, 4.69) is 37.4 Å². The summed E-state index contributed by atoms with van der Waals surface area (Å²) in [6.07, 6.45) is 5.81. The molecule has 16 heavy (non-hydrogen) atoms. The highest BCUT2D eigenvalue weighted by atomic mass is 14.9. The van der Waals surface area contributed by atoms with Crippen molar-refractivity contribution in [3.05, 3.63) is 29.3 Å². The molecule has 2 saturated carbocycles. The van der Waals surface area contributed by atoms with Gasteiger partial charge in [-0.05, 0) is 62.1 Å². The Bertz CT molecular complexity index is 396. The molecular formula is C15H21N. The Kier molecular flexibility index (Phi) is 2.42. The van der Waals surface area contributed by atoms with Gasteiger partial charge in [-0.25, -0.2) is 0 Å². The number of anilines is 1. The van der Waals surface area contributed by atoms with Crippen molar-refractivity contribution >= 4 is 5.69 Å². The molecule has 0 heterocycles. The largest absolute Gasteiger partial charge is 0.382 e. The molecule has 3 atom stereocenters. The number of aryl methyl sites for hydroxylation is 2. The maximum Gasteiger partial charge on any atom is 0.0374 e. The topological polar surface area (TPSA) is 12.0 Å². The van der Waals surface area contributed by atoms with Crippen LogP contribution in [-0.2, 0) is 0 Å². The quantitative estimate of drug-likeness (QED) is 0.789. The molecule has 2 bridgehead atoms. The average molecular weight is 215 g/mol. The fourth-order valence-corrected chi connectivity index (χ4v) is 3.51. The average Bonchev–Trinajstić information content (AvgIpc) is 2.85. The van der Waals surface area contributed by atoms with Crippen molar-refractivity contribution in [1.29, 1.82) is 0 Å². The monoisotopic (exact) mass is 215 g/mol. The molecule has 2 aliphatic carbocycles. The summed E-state index contributed by atoms with van der Waals surface area (Å²) in [6.45, 7) is 4.38. The summed E-state index contributed by atoms with van der Waals surface area (Å²) >= 11 is 0. The Morgan fingerprint density at radius 3 is 2.69 bits per heavy atom. The van der Waals surface area contributed by atoms with Gasteiger partial charge in [0.1, 0.15) is 0 Å². The highest BCUT2D eigenvalue weighted by Crippen LogP contribution is 2.45. The first-order chi connectivity index (χ1) is 7.72. The highest BCUT2D eigenvalue weighted by molar-refractivity contribution is 5.53. The van der Waals surface area contributed by atoms with Crippen LogP contribution >= 0.6 is 0 Å². The van der Waals surface area contributed by atoms with Crippen molar-refractivity contribution in [2.24, 2.45) is 11.8 Å². The van der Waals surface area contributed by atoms with Crippen molar-refractivity contribution in [3.8, 4) is 0 Å². The minimum absolute atomic E-state index is 0.749. The smallest absolute Gasteiger partial charge is 0.0374 e. The summed E-state index contributed by atoms with van der Waals surface area (Å²) in [7, 11) is 0. The molecule has 0 radical (unpaired) electrons. The summed E-state index contributed by atoms with van der Waals surface area (Å²) in [6, 6.07) is 7.47. The zero-order valence-corrected chi connectivity index (χ0v) is 10.3. The maximum atomic E-state index is 3.78. The van der Waals surface area contributed by atoms with Crippen LogP contribution < -0.4 is 5.32 Å². The third-order valence-corrected chi connectivity index (χ3v) is 4.47. The number of rotatable bonds is 2. The fourth-order valence-electron chi connectivity index (χ4n) is 3.51. The molecule has 1 aromatic rings. The zero-order chi connectivity index (χ0) is 11.1. The first-order valence-corrected chi connectivity index (χ1v) is 6.56. The lowest BCUT2D eigenvalue weighted by Crippen LogP contribution is -2.26. The van der Waals surface area contributed by atoms with Gasteiger partial charge in [-0.1, -0.05) is 18.6 Å². The van der Waals surface area contributed by atoms with Gasteiger partial charge in [0.15, 0.2) is 0 Å². The Labute approximate surface area is 98.3 Å². The molecule has 1 nitrogen and oxygen atoms in total. The van der Waals surface area contributed by atoms with E-state index in [1.165, 1.54) is 42.5 Å². The minimum atomic E-state index is 0.749. The Morgan fingerprint density at radius 2 is 2.00 bits per heavy atom. The van der Waals surface area contributed by atoms with Crippen molar-refractivity contribution < 1.29 is 0 Å². The predicted molar refractivity (Wildman–Crippen MR) is 68.8 cm³/mol. The van der Waals surface area contributed by atoms with Gasteiger partial charge >= 0.3 is 0 Å². The van der Waals surface area contributed by atoms with Crippen LogP contribution in [-0.4, -0.2) is 6.04 Å². The second-order valence-electron chi connectivity index (χ2n) is 5.74. The van der Waals surface area contributed by atoms with Crippen molar-refractivity contribution in [2.45, 2.75) is 45.6 Å². The normalized spacial score (nSPS) is 32.0. The van der Waals surface area contributed by atoms with E-state index in [9.17, 15) is 0 Å². The van der Waals surface area contributed by atoms with E-state index in [4.69, 9.17) is 0 Å². The minimum Gasteiger partial charge on any atom is -0.382 e. The van der Waals surface area contributed by atoms with Crippen LogP contribution in [0.2, 0.25) is 0 Å². The molecule has 2 aliphatic rings. The van der Waals surface area contributed by atoms with Crippen molar-refractivity contribution in [2.75, 3.05) is 5.32 Å². The van der Waals surface area contributed by atoms with Crippen LogP contribution in [0.15, 0.2) is 18.2 Å². The first kappa shape index (κ1) is 10.2. The van der Waals surface area contributed by atoms with Gasteiger partial charge in [-0.3, -0.25) is 0 Å². The van der Waals surface area contributed by atoms with Crippen molar-refractivity contribution in [1.82, 2.24) is 0 Å². The lowest BCUT2D eigenvalue weighted by Gasteiger charge is -2.25. The summed E-state index contributed by atoms with van der Waals surface area (Å²) in [4.78, 5) is 0.